The molecule has 0 amide bonds. The molecule has 0 radical (unpaired) electrons. The third-order valence-corrected chi connectivity index (χ3v) is 16.2. The minimum atomic E-state index is -0.122. The maximum Gasteiger partial charge on any atom is 0.252 e. The van der Waals surface area contributed by atoms with Gasteiger partial charge in [-0.05, 0) is 155 Å². The minimum absolute atomic E-state index is 0.0158. The van der Waals surface area contributed by atoms with Crippen molar-refractivity contribution < 1.29 is 0 Å². The predicted octanol–water partition coefficient (Wildman–Crippen LogP) is 16.2. The van der Waals surface area contributed by atoms with Crippen molar-refractivity contribution in [3.05, 3.63) is 190 Å². The van der Waals surface area contributed by atoms with E-state index in [-0.39, 0.29) is 28.4 Å². The van der Waals surface area contributed by atoms with Gasteiger partial charge in [0.2, 0.25) is 0 Å². The number of rotatable bonds is 4. The largest absolute Gasteiger partial charge is 0.311 e. The Balaban J connectivity index is 1.19. The van der Waals surface area contributed by atoms with Gasteiger partial charge >= 0.3 is 0 Å². The predicted molar refractivity (Wildman–Crippen MR) is 298 cm³/mol. The van der Waals surface area contributed by atoms with Gasteiger partial charge in [0.15, 0.2) is 0 Å². The summed E-state index contributed by atoms with van der Waals surface area (Å²) in [7, 11) is 0. The third-order valence-electron chi connectivity index (χ3n) is 15.0. The van der Waals surface area contributed by atoms with E-state index < -0.39 is 0 Å². The van der Waals surface area contributed by atoms with Crippen LogP contribution < -0.4 is 26.2 Å². The van der Waals surface area contributed by atoms with Crippen LogP contribution in [0.4, 0.5) is 34.1 Å². The van der Waals surface area contributed by atoms with E-state index in [0.29, 0.717) is 0 Å². The molecule has 0 saturated carbocycles. The molecule has 68 heavy (non-hydrogen) atoms. The fourth-order valence-corrected chi connectivity index (χ4v) is 12.3. The maximum absolute atomic E-state index is 2.64. The zero-order valence-electron chi connectivity index (χ0n) is 42.2. The van der Waals surface area contributed by atoms with Crippen molar-refractivity contribution >= 4 is 84.2 Å². The molecule has 3 aliphatic rings. The number of benzene rings is 7. The van der Waals surface area contributed by atoms with E-state index >= 15 is 0 Å². The molecule has 2 aliphatic heterocycles. The lowest BCUT2D eigenvalue weighted by Crippen LogP contribution is -2.62. The SMILES string of the molecule is CC(C)(C)c1ccc2c(c1)B1c3cc(C(C)(C)C)ccc3N(c3ccc(C(C)(C)C)cc3-c3ccccc3)c3cc(C(C)(C)C)cc(c31)N2c1ccc(C2=CCCc3c2sc2ccccc32)cc1. The van der Waals surface area contributed by atoms with Gasteiger partial charge in [-0.2, -0.15) is 0 Å². The van der Waals surface area contributed by atoms with Crippen LogP contribution in [0, 0.1) is 0 Å². The van der Waals surface area contributed by atoms with Gasteiger partial charge in [-0.15, -0.1) is 11.3 Å². The summed E-state index contributed by atoms with van der Waals surface area (Å²) in [6, 6.07) is 56.6. The first-order valence-electron chi connectivity index (χ1n) is 24.8. The molecule has 11 rings (SSSR count). The van der Waals surface area contributed by atoms with Crippen LogP contribution in [0.15, 0.2) is 152 Å². The Hall–Kier alpha value is -6.10. The lowest BCUT2D eigenvalue weighted by Gasteiger charge is -2.46. The summed E-state index contributed by atoms with van der Waals surface area (Å²) >= 11 is 1.95. The highest BCUT2D eigenvalue weighted by molar-refractivity contribution is 7.20. The standard InChI is InChI=1S/C64H65BN2S/c1-61(2,3)42-27-32-53(50(35-42)40-19-14-13-15-20-40)67-55-34-29-44(63(7,8)9)37-52(55)65-51-36-43(62(4,5)6)28-33-54(51)66(56-38-45(64(10,11)12)39-57(67)59(56)65)46-30-25-41(26-31-46)47-22-18-23-49-48-21-16-17-24-58(48)68-60(47)49/h13-17,19-22,24-39H,18,23H2,1-12H3. The third kappa shape index (κ3) is 7.37. The van der Waals surface area contributed by atoms with Crippen molar-refractivity contribution in [1.82, 2.24) is 0 Å². The Bertz CT molecular complexity index is 3320. The van der Waals surface area contributed by atoms with Gasteiger partial charge in [0.25, 0.3) is 6.71 Å². The zero-order valence-corrected chi connectivity index (χ0v) is 43.0. The van der Waals surface area contributed by atoms with E-state index in [2.05, 4.69) is 245 Å². The first-order chi connectivity index (χ1) is 32.3. The van der Waals surface area contributed by atoms with Gasteiger partial charge in [0.05, 0.1) is 5.69 Å². The van der Waals surface area contributed by atoms with Crippen LogP contribution in [0.5, 0.6) is 0 Å². The number of thiophene rings is 1. The summed E-state index contributed by atoms with van der Waals surface area (Å²) < 4.78 is 1.38. The van der Waals surface area contributed by atoms with Crippen molar-refractivity contribution in [3.63, 3.8) is 0 Å². The lowest BCUT2D eigenvalue weighted by atomic mass is 9.33. The van der Waals surface area contributed by atoms with E-state index in [0.717, 1.165) is 12.8 Å². The van der Waals surface area contributed by atoms with E-state index in [1.165, 1.54) is 116 Å². The highest BCUT2D eigenvalue weighted by Crippen LogP contribution is 2.50. The second-order valence-electron chi connectivity index (χ2n) is 23.8. The molecule has 7 aromatic carbocycles. The molecule has 1 aliphatic carbocycles. The number of aryl methyl sites for hydroxylation is 1. The molecule has 0 N–H and O–H groups in total. The molecule has 4 heteroatoms. The number of nitrogens with zero attached hydrogens (tertiary/aromatic N) is 2. The van der Waals surface area contributed by atoms with Crippen LogP contribution in [0.25, 0.3) is 26.8 Å². The number of anilines is 6. The molecule has 0 fully saturated rings. The van der Waals surface area contributed by atoms with Crippen LogP contribution in [-0.2, 0) is 28.1 Å². The van der Waals surface area contributed by atoms with Crippen LogP contribution in [0.2, 0.25) is 0 Å². The summed E-state index contributed by atoms with van der Waals surface area (Å²) in [5.74, 6) is 0. The fraction of sp³-hybridized carbons (Fsp3) is 0.281. The quantitative estimate of drug-likeness (QED) is 0.162. The van der Waals surface area contributed by atoms with Gasteiger partial charge in [-0.3, -0.25) is 0 Å². The normalized spacial score (nSPS) is 14.6. The topological polar surface area (TPSA) is 6.48 Å². The Morgan fingerprint density at radius 1 is 0.456 bits per heavy atom. The second kappa shape index (κ2) is 15.7. The Labute approximate surface area is 410 Å². The lowest BCUT2D eigenvalue weighted by molar-refractivity contribution is 0.589. The molecule has 1 aromatic heterocycles. The molecule has 8 aromatic rings. The van der Waals surface area contributed by atoms with Crippen molar-refractivity contribution in [2.45, 2.75) is 118 Å². The molecule has 0 spiro atoms. The van der Waals surface area contributed by atoms with Gasteiger partial charge in [0, 0.05) is 43.6 Å². The monoisotopic (exact) mass is 904 g/mol. The molecule has 0 saturated heterocycles. The van der Waals surface area contributed by atoms with Gasteiger partial charge in [-0.1, -0.05) is 180 Å². The van der Waals surface area contributed by atoms with Crippen molar-refractivity contribution in [3.8, 4) is 11.1 Å². The van der Waals surface area contributed by atoms with E-state index in [9.17, 15) is 0 Å². The zero-order chi connectivity index (χ0) is 47.7. The van der Waals surface area contributed by atoms with Gasteiger partial charge < -0.3 is 9.80 Å². The summed E-state index contributed by atoms with van der Waals surface area (Å²) in [5, 5.41) is 1.42. The average molecular weight is 905 g/mol. The van der Waals surface area contributed by atoms with Crippen LogP contribution in [0.3, 0.4) is 0 Å². The van der Waals surface area contributed by atoms with Crippen LogP contribution in [-0.4, -0.2) is 6.71 Å². The summed E-state index contributed by atoms with van der Waals surface area (Å²) in [5.41, 5.74) is 23.3. The minimum Gasteiger partial charge on any atom is -0.311 e. The fourth-order valence-electron chi connectivity index (χ4n) is 11.0. The smallest absolute Gasteiger partial charge is 0.252 e. The average Bonchev–Trinajstić information content (AvgIpc) is 3.69. The summed E-state index contributed by atoms with van der Waals surface area (Å²) in [6.07, 6.45) is 4.64. The molecule has 3 heterocycles. The number of allylic oxidation sites excluding steroid dienone is 1. The number of hydrogen-bond donors (Lipinski definition) is 0. The Kier molecular flexibility index (Phi) is 10.3. The Morgan fingerprint density at radius 3 is 1.59 bits per heavy atom. The van der Waals surface area contributed by atoms with Crippen molar-refractivity contribution in [2.24, 2.45) is 0 Å². The number of fused-ring (bicyclic) bond motifs is 7. The van der Waals surface area contributed by atoms with E-state index in [4.69, 9.17) is 0 Å². The molecular weight excluding hydrogens is 840 g/mol. The summed E-state index contributed by atoms with van der Waals surface area (Å²) in [6.45, 7) is 28.2. The van der Waals surface area contributed by atoms with Crippen molar-refractivity contribution in [2.75, 3.05) is 9.80 Å². The number of hydrogen-bond acceptors (Lipinski definition) is 3. The van der Waals surface area contributed by atoms with Gasteiger partial charge in [0.1, 0.15) is 0 Å². The molecule has 0 bridgehead atoms. The van der Waals surface area contributed by atoms with Crippen molar-refractivity contribution in [1.29, 1.82) is 0 Å². The highest BCUT2D eigenvalue weighted by Gasteiger charge is 2.45. The first-order valence-corrected chi connectivity index (χ1v) is 25.7. The molecule has 0 unspecified atom stereocenters. The molecule has 340 valence electrons. The van der Waals surface area contributed by atoms with Crippen LogP contribution >= 0.6 is 11.3 Å². The molecular formula is C64H65BN2S. The van der Waals surface area contributed by atoms with E-state index in [1.807, 2.05) is 11.3 Å². The summed E-state index contributed by atoms with van der Waals surface area (Å²) in [4.78, 5) is 6.67. The van der Waals surface area contributed by atoms with Gasteiger partial charge in [-0.25, -0.2) is 0 Å². The highest BCUT2D eigenvalue weighted by atomic mass is 32.1. The van der Waals surface area contributed by atoms with Crippen LogP contribution in [0.1, 0.15) is 128 Å². The Morgan fingerprint density at radius 2 is 0.985 bits per heavy atom. The molecule has 0 atom stereocenters. The second-order valence-corrected chi connectivity index (χ2v) is 24.8. The first kappa shape index (κ1) is 44.4. The van der Waals surface area contributed by atoms with E-state index in [1.54, 1.807) is 0 Å². The maximum atomic E-state index is 2.64. The molecule has 2 nitrogen and oxygen atoms in total.